The van der Waals surface area contributed by atoms with Gasteiger partial charge in [-0.25, -0.2) is 4.79 Å². The Morgan fingerprint density at radius 2 is 2.38 bits per heavy atom. The van der Waals surface area contributed by atoms with E-state index in [1.807, 2.05) is 13.8 Å². The molecular weight excluding hydrogens is 208 g/mol. The van der Waals surface area contributed by atoms with Crippen molar-refractivity contribution in [3.05, 3.63) is 11.9 Å². The Morgan fingerprint density at radius 1 is 1.69 bits per heavy atom. The van der Waals surface area contributed by atoms with Crippen LogP contribution in [-0.4, -0.2) is 32.1 Å². The normalized spacial score (nSPS) is 18.1. The van der Waals surface area contributed by atoms with Crippen LogP contribution in [-0.2, 0) is 5.41 Å². The van der Waals surface area contributed by atoms with Crippen molar-refractivity contribution in [2.75, 3.05) is 0 Å². The largest absolute Gasteiger partial charge is 0.465 e. The van der Waals surface area contributed by atoms with Gasteiger partial charge in [0.15, 0.2) is 0 Å². The number of nitrogens with one attached hydrogen (secondary N) is 2. The first-order valence-corrected chi connectivity index (χ1v) is 5.31. The molecule has 1 amide bonds. The molecule has 2 rings (SSSR count). The fraction of sp³-hybridized carbons (Fsp3) is 0.700. The number of carboxylic acid groups (broad SMARTS) is 1. The topological polar surface area (TPSA) is 90.9 Å². The summed E-state index contributed by atoms with van der Waals surface area (Å²) in [5.74, 6) is 0. The minimum absolute atomic E-state index is 0.0372. The molecule has 1 aliphatic carbocycles. The minimum atomic E-state index is -0.983. The van der Waals surface area contributed by atoms with Crippen LogP contribution in [0.3, 0.4) is 0 Å². The maximum Gasteiger partial charge on any atom is 0.405 e. The summed E-state index contributed by atoms with van der Waals surface area (Å²) in [6, 6.07) is 0. The number of amides is 1. The molecule has 1 fully saturated rings. The van der Waals surface area contributed by atoms with E-state index in [0.29, 0.717) is 0 Å². The number of hydrogen-bond acceptors (Lipinski definition) is 3. The average molecular weight is 224 g/mol. The SMILES string of the molecule is CC(C)(CC1(c2cnn[nH]2)CC1)NC(=O)O. The van der Waals surface area contributed by atoms with Crippen molar-refractivity contribution < 1.29 is 9.90 Å². The second kappa shape index (κ2) is 3.47. The summed E-state index contributed by atoms with van der Waals surface area (Å²) in [5.41, 5.74) is 0.607. The lowest BCUT2D eigenvalue weighted by atomic mass is 9.86. The highest BCUT2D eigenvalue weighted by atomic mass is 16.4. The van der Waals surface area contributed by atoms with Crippen LogP contribution in [0.1, 0.15) is 38.8 Å². The number of rotatable bonds is 4. The van der Waals surface area contributed by atoms with Crippen molar-refractivity contribution in [3.63, 3.8) is 0 Å². The van der Waals surface area contributed by atoms with E-state index >= 15 is 0 Å². The van der Waals surface area contributed by atoms with Crippen LogP contribution in [0.2, 0.25) is 0 Å². The standard InChI is InChI=1S/C10H16N4O2/c1-9(2,12-8(15)16)6-10(3-4-10)7-5-11-14-13-7/h5,12H,3-4,6H2,1-2H3,(H,15,16)(H,11,13,14). The fourth-order valence-electron chi connectivity index (χ4n) is 2.33. The second-order valence-electron chi connectivity index (χ2n) is 5.14. The molecule has 6 nitrogen and oxygen atoms in total. The lowest BCUT2D eigenvalue weighted by Crippen LogP contribution is -2.45. The summed E-state index contributed by atoms with van der Waals surface area (Å²) in [5, 5.41) is 21.7. The molecular formula is C10H16N4O2. The van der Waals surface area contributed by atoms with Crippen LogP contribution in [0.5, 0.6) is 0 Å². The zero-order valence-corrected chi connectivity index (χ0v) is 9.45. The number of carbonyl (C=O) groups is 1. The van der Waals surface area contributed by atoms with Crippen molar-refractivity contribution in [3.8, 4) is 0 Å². The number of aromatic nitrogens is 3. The highest BCUT2D eigenvalue weighted by Crippen LogP contribution is 2.52. The molecule has 1 saturated carbocycles. The van der Waals surface area contributed by atoms with Gasteiger partial charge in [0.25, 0.3) is 0 Å². The zero-order chi connectivity index (χ0) is 11.8. The maximum atomic E-state index is 10.7. The van der Waals surface area contributed by atoms with Crippen molar-refractivity contribution in [2.24, 2.45) is 0 Å². The molecule has 1 heterocycles. The first kappa shape index (κ1) is 10.9. The molecule has 0 aromatic carbocycles. The number of hydrogen-bond donors (Lipinski definition) is 3. The van der Waals surface area contributed by atoms with E-state index in [1.54, 1.807) is 6.20 Å². The molecule has 0 atom stereocenters. The van der Waals surface area contributed by atoms with Crippen molar-refractivity contribution in [1.82, 2.24) is 20.7 Å². The van der Waals surface area contributed by atoms with Gasteiger partial charge in [-0.05, 0) is 33.1 Å². The average Bonchev–Trinajstić information content (AvgIpc) is 2.71. The van der Waals surface area contributed by atoms with Gasteiger partial charge in [0.05, 0.1) is 11.9 Å². The Morgan fingerprint density at radius 3 is 2.81 bits per heavy atom. The number of H-pyrrole nitrogens is 1. The summed E-state index contributed by atoms with van der Waals surface area (Å²) >= 11 is 0. The van der Waals surface area contributed by atoms with Crippen molar-refractivity contribution in [2.45, 2.75) is 44.1 Å². The van der Waals surface area contributed by atoms with Gasteiger partial charge in [0.2, 0.25) is 0 Å². The predicted octanol–water partition coefficient (Wildman–Crippen LogP) is 1.27. The van der Waals surface area contributed by atoms with Crippen LogP contribution in [0, 0.1) is 0 Å². The minimum Gasteiger partial charge on any atom is -0.465 e. The van der Waals surface area contributed by atoms with Gasteiger partial charge in [0, 0.05) is 11.0 Å². The molecule has 16 heavy (non-hydrogen) atoms. The monoisotopic (exact) mass is 224 g/mol. The summed E-state index contributed by atoms with van der Waals surface area (Å²) < 4.78 is 0. The third-order valence-corrected chi connectivity index (χ3v) is 3.07. The Labute approximate surface area is 93.4 Å². The van der Waals surface area contributed by atoms with E-state index < -0.39 is 11.6 Å². The zero-order valence-electron chi connectivity index (χ0n) is 9.45. The van der Waals surface area contributed by atoms with E-state index in [9.17, 15) is 4.79 Å². The number of nitrogens with zero attached hydrogens (tertiary/aromatic N) is 2. The van der Waals surface area contributed by atoms with Gasteiger partial charge in [-0.2, -0.15) is 0 Å². The van der Waals surface area contributed by atoms with Gasteiger partial charge in [-0.15, -0.1) is 5.10 Å². The molecule has 0 bridgehead atoms. The van der Waals surface area contributed by atoms with Gasteiger partial charge >= 0.3 is 6.09 Å². The summed E-state index contributed by atoms with van der Waals surface area (Å²) in [6.45, 7) is 3.79. The van der Waals surface area contributed by atoms with Gasteiger partial charge < -0.3 is 10.4 Å². The van der Waals surface area contributed by atoms with Gasteiger partial charge in [0.1, 0.15) is 0 Å². The van der Waals surface area contributed by atoms with Crippen molar-refractivity contribution in [1.29, 1.82) is 0 Å². The van der Waals surface area contributed by atoms with Crippen LogP contribution >= 0.6 is 0 Å². The molecule has 0 unspecified atom stereocenters. The Balaban J connectivity index is 2.07. The first-order chi connectivity index (χ1) is 7.44. The lowest BCUT2D eigenvalue weighted by Gasteiger charge is -2.29. The Bertz CT molecular complexity index is 382. The summed E-state index contributed by atoms with van der Waals surface area (Å²) in [4.78, 5) is 10.7. The molecule has 6 heteroatoms. The van der Waals surface area contributed by atoms with E-state index in [-0.39, 0.29) is 5.41 Å². The number of aromatic amines is 1. The molecule has 1 aromatic rings. The molecule has 0 aliphatic heterocycles. The van der Waals surface area contributed by atoms with Gasteiger partial charge in [-0.1, -0.05) is 5.21 Å². The van der Waals surface area contributed by atoms with Crippen LogP contribution < -0.4 is 5.32 Å². The molecule has 3 N–H and O–H groups in total. The van der Waals surface area contributed by atoms with Crippen LogP contribution in [0.4, 0.5) is 4.79 Å². The summed E-state index contributed by atoms with van der Waals surface area (Å²) in [6.07, 6.45) is 3.62. The highest BCUT2D eigenvalue weighted by molar-refractivity contribution is 5.65. The van der Waals surface area contributed by atoms with E-state index in [1.165, 1.54) is 0 Å². The highest BCUT2D eigenvalue weighted by Gasteiger charge is 2.49. The molecule has 0 saturated heterocycles. The molecule has 1 aromatic heterocycles. The third-order valence-electron chi connectivity index (χ3n) is 3.07. The molecule has 0 spiro atoms. The quantitative estimate of drug-likeness (QED) is 0.718. The van der Waals surface area contributed by atoms with E-state index in [2.05, 4.69) is 20.7 Å². The molecule has 88 valence electrons. The fourth-order valence-corrected chi connectivity index (χ4v) is 2.33. The van der Waals surface area contributed by atoms with E-state index in [4.69, 9.17) is 5.11 Å². The van der Waals surface area contributed by atoms with Gasteiger partial charge in [-0.3, -0.25) is 5.10 Å². The third kappa shape index (κ3) is 2.15. The van der Waals surface area contributed by atoms with E-state index in [0.717, 1.165) is 25.0 Å². The maximum absolute atomic E-state index is 10.7. The van der Waals surface area contributed by atoms with Crippen molar-refractivity contribution >= 4 is 6.09 Å². The molecule has 0 radical (unpaired) electrons. The molecule has 1 aliphatic rings. The Hall–Kier alpha value is -1.59. The summed E-state index contributed by atoms with van der Waals surface area (Å²) in [7, 11) is 0. The lowest BCUT2D eigenvalue weighted by molar-refractivity contribution is 0.178. The Kier molecular flexibility index (Phi) is 2.36. The predicted molar refractivity (Wildman–Crippen MR) is 57.2 cm³/mol. The van der Waals surface area contributed by atoms with Crippen LogP contribution in [0.15, 0.2) is 6.20 Å². The van der Waals surface area contributed by atoms with Crippen LogP contribution in [0.25, 0.3) is 0 Å². The smallest absolute Gasteiger partial charge is 0.405 e. The first-order valence-electron chi connectivity index (χ1n) is 5.31. The second-order valence-corrected chi connectivity index (χ2v) is 5.14.